The van der Waals surface area contributed by atoms with Gasteiger partial charge < -0.3 is 4.74 Å². The molecule has 2 aromatic rings. The molecule has 0 aliphatic rings. The van der Waals surface area contributed by atoms with E-state index in [9.17, 15) is 0 Å². The first-order valence-electron chi connectivity index (χ1n) is 6.25. The second kappa shape index (κ2) is 6.44. The van der Waals surface area contributed by atoms with Gasteiger partial charge in [0.1, 0.15) is 5.75 Å². The molecule has 0 saturated carbocycles. The Morgan fingerprint density at radius 1 is 1.16 bits per heavy atom. The van der Waals surface area contributed by atoms with E-state index in [1.54, 1.807) is 0 Å². The Morgan fingerprint density at radius 3 is 2.47 bits per heavy atom. The quantitative estimate of drug-likeness (QED) is 0.665. The zero-order chi connectivity index (χ0) is 13.8. The van der Waals surface area contributed by atoms with Crippen molar-refractivity contribution < 1.29 is 4.74 Å². The molecule has 3 heteroatoms. The number of halogens is 2. The van der Waals surface area contributed by atoms with Crippen LogP contribution in [0.4, 0.5) is 0 Å². The number of rotatable bonds is 4. The van der Waals surface area contributed by atoms with Crippen LogP contribution in [0.5, 0.6) is 5.75 Å². The molecule has 100 valence electrons. The first-order chi connectivity index (χ1) is 9.13. The van der Waals surface area contributed by atoms with Gasteiger partial charge in [-0.15, -0.1) is 0 Å². The van der Waals surface area contributed by atoms with Gasteiger partial charge in [-0.1, -0.05) is 51.8 Å². The van der Waals surface area contributed by atoms with Crippen LogP contribution in [0.15, 0.2) is 42.5 Å². The smallest absolute Gasteiger partial charge is 0.119 e. The van der Waals surface area contributed by atoms with E-state index in [1.807, 2.05) is 38.1 Å². The Kier molecular flexibility index (Phi) is 4.89. The summed E-state index contributed by atoms with van der Waals surface area (Å²) in [5.41, 5.74) is 3.49. The largest absolute Gasteiger partial charge is 0.494 e. The van der Waals surface area contributed by atoms with Crippen LogP contribution < -0.4 is 4.74 Å². The molecule has 0 radical (unpaired) electrons. The Labute approximate surface area is 127 Å². The zero-order valence-electron chi connectivity index (χ0n) is 11.0. The van der Waals surface area contributed by atoms with Gasteiger partial charge in [0, 0.05) is 5.02 Å². The number of hydrogen-bond acceptors (Lipinski definition) is 1. The van der Waals surface area contributed by atoms with Crippen molar-refractivity contribution in [3.05, 3.63) is 64.2 Å². The van der Waals surface area contributed by atoms with E-state index in [2.05, 4.69) is 34.1 Å². The Balaban J connectivity index is 2.28. The van der Waals surface area contributed by atoms with E-state index in [1.165, 1.54) is 11.1 Å². The second-order valence-electron chi connectivity index (χ2n) is 4.32. The fourth-order valence-electron chi connectivity index (χ4n) is 1.98. The molecule has 0 spiro atoms. The minimum absolute atomic E-state index is 0.141. The van der Waals surface area contributed by atoms with Crippen LogP contribution in [0, 0.1) is 6.92 Å². The van der Waals surface area contributed by atoms with Crippen LogP contribution in [0.3, 0.4) is 0 Å². The number of hydrogen-bond donors (Lipinski definition) is 0. The Hall–Kier alpha value is -0.990. The van der Waals surface area contributed by atoms with Gasteiger partial charge in [0.05, 0.1) is 11.4 Å². The summed E-state index contributed by atoms with van der Waals surface area (Å²) in [4.78, 5) is 0.141. The third-order valence-electron chi connectivity index (χ3n) is 3.07. The molecule has 0 aliphatic carbocycles. The lowest BCUT2D eigenvalue weighted by molar-refractivity contribution is 0.340. The van der Waals surface area contributed by atoms with Crippen LogP contribution in [-0.2, 0) is 0 Å². The van der Waals surface area contributed by atoms with Crippen molar-refractivity contribution in [1.82, 2.24) is 0 Å². The van der Waals surface area contributed by atoms with E-state index in [-0.39, 0.29) is 4.83 Å². The van der Waals surface area contributed by atoms with Crippen molar-refractivity contribution in [1.29, 1.82) is 0 Å². The lowest BCUT2D eigenvalue weighted by Crippen LogP contribution is -1.97. The van der Waals surface area contributed by atoms with Crippen molar-refractivity contribution in [3.8, 4) is 5.75 Å². The predicted molar refractivity (Wildman–Crippen MR) is 84.6 cm³/mol. The zero-order valence-corrected chi connectivity index (χ0v) is 13.3. The second-order valence-corrected chi connectivity index (χ2v) is 5.64. The van der Waals surface area contributed by atoms with Crippen LogP contribution in [0.25, 0.3) is 0 Å². The fraction of sp³-hybridized carbons (Fsp3) is 0.250. The lowest BCUT2D eigenvalue weighted by Gasteiger charge is -2.15. The fourth-order valence-corrected chi connectivity index (χ4v) is 2.96. The van der Waals surface area contributed by atoms with Gasteiger partial charge >= 0.3 is 0 Å². The molecular weight excluding hydrogens is 324 g/mol. The van der Waals surface area contributed by atoms with Gasteiger partial charge in [0.15, 0.2) is 0 Å². The molecule has 1 unspecified atom stereocenters. The number of benzene rings is 2. The summed E-state index contributed by atoms with van der Waals surface area (Å²) in [6.07, 6.45) is 0. The molecule has 0 N–H and O–H groups in total. The first-order valence-corrected chi connectivity index (χ1v) is 7.54. The SMILES string of the molecule is CCOc1ccc(C(Br)c2cccc(Cl)c2C)cc1. The van der Waals surface area contributed by atoms with E-state index in [0.717, 1.165) is 16.3 Å². The summed E-state index contributed by atoms with van der Waals surface area (Å²) in [5.74, 6) is 0.897. The van der Waals surface area contributed by atoms with E-state index >= 15 is 0 Å². The molecule has 0 heterocycles. The maximum atomic E-state index is 6.17. The summed E-state index contributed by atoms with van der Waals surface area (Å²) in [5, 5.41) is 0.799. The highest BCUT2D eigenvalue weighted by atomic mass is 79.9. The van der Waals surface area contributed by atoms with Gasteiger partial charge in [-0.3, -0.25) is 0 Å². The Morgan fingerprint density at radius 2 is 1.84 bits per heavy atom. The Bertz CT molecular complexity index is 551. The summed E-state index contributed by atoms with van der Waals surface area (Å²) >= 11 is 9.91. The number of alkyl halides is 1. The minimum Gasteiger partial charge on any atom is -0.494 e. The molecule has 0 aromatic heterocycles. The maximum Gasteiger partial charge on any atom is 0.119 e. The summed E-state index contributed by atoms with van der Waals surface area (Å²) in [6.45, 7) is 4.71. The van der Waals surface area contributed by atoms with E-state index < -0.39 is 0 Å². The molecule has 2 rings (SSSR count). The maximum absolute atomic E-state index is 6.17. The molecule has 0 amide bonds. The molecule has 0 fully saturated rings. The van der Waals surface area contributed by atoms with Crippen LogP contribution in [-0.4, -0.2) is 6.61 Å². The van der Waals surface area contributed by atoms with Gasteiger partial charge in [0.25, 0.3) is 0 Å². The molecular formula is C16H16BrClO. The van der Waals surface area contributed by atoms with Crippen molar-refractivity contribution in [3.63, 3.8) is 0 Å². The van der Waals surface area contributed by atoms with Gasteiger partial charge in [0.2, 0.25) is 0 Å². The van der Waals surface area contributed by atoms with Crippen LogP contribution >= 0.6 is 27.5 Å². The molecule has 0 aliphatic heterocycles. The van der Waals surface area contributed by atoms with Crippen molar-refractivity contribution in [2.24, 2.45) is 0 Å². The molecule has 1 nitrogen and oxygen atoms in total. The standard InChI is InChI=1S/C16H16BrClO/c1-3-19-13-9-7-12(8-10-13)16(17)14-5-4-6-15(18)11(14)2/h4-10,16H,3H2,1-2H3. The summed E-state index contributed by atoms with van der Waals surface area (Å²) in [7, 11) is 0. The third kappa shape index (κ3) is 3.31. The molecule has 1 atom stereocenters. The van der Waals surface area contributed by atoms with Crippen molar-refractivity contribution in [2.75, 3.05) is 6.61 Å². The van der Waals surface area contributed by atoms with E-state index in [4.69, 9.17) is 16.3 Å². The van der Waals surface area contributed by atoms with Gasteiger partial charge in [-0.05, 0) is 48.7 Å². The van der Waals surface area contributed by atoms with Crippen LogP contribution in [0.1, 0.15) is 28.4 Å². The van der Waals surface area contributed by atoms with Gasteiger partial charge in [-0.25, -0.2) is 0 Å². The first kappa shape index (κ1) is 14.4. The summed E-state index contributed by atoms with van der Waals surface area (Å²) < 4.78 is 5.45. The van der Waals surface area contributed by atoms with E-state index in [0.29, 0.717) is 6.61 Å². The topological polar surface area (TPSA) is 9.23 Å². The average molecular weight is 340 g/mol. The molecule has 0 bridgehead atoms. The predicted octanol–water partition coefficient (Wildman–Crippen LogP) is 5.53. The molecule has 2 aromatic carbocycles. The highest BCUT2D eigenvalue weighted by molar-refractivity contribution is 9.09. The molecule has 19 heavy (non-hydrogen) atoms. The molecule has 0 saturated heterocycles. The monoisotopic (exact) mass is 338 g/mol. The lowest BCUT2D eigenvalue weighted by atomic mass is 10.0. The highest BCUT2D eigenvalue weighted by Crippen LogP contribution is 2.35. The van der Waals surface area contributed by atoms with Crippen LogP contribution in [0.2, 0.25) is 5.02 Å². The normalized spacial score (nSPS) is 12.2. The van der Waals surface area contributed by atoms with Crippen molar-refractivity contribution in [2.45, 2.75) is 18.7 Å². The summed E-state index contributed by atoms with van der Waals surface area (Å²) in [6, 6.07) is 14.1. The third-order valence-corrected chi connectivity index (χ3v) is 4.50. The average Bonchev–Trinajstić information content (AvgIpc) is 2.42. The minimum atomic E-state index is 0.141. The highest BCUT2D eigenvalue weighted by Gasteiger charge is 2.14. The van der Waals surface area contributed by atoms with Crippen molar-refractivity contribution >= 4 is 27.5 Å². The number of ether oxygens (including phenoxy) is 1. The van der Waals surface area contributed by atoms with Gasteiger partial charge in [-0.2, -0.15) is 0 Å².